The van der Waals surface area contributed by atoms with Gasteiger partial charge >= 0.3 is 0 Å². The average Bonchev–Trinajstić information content (AvgIpc) is 2.61. The molecule has 0 atom stereocenters. The third kappa shape index (κ3) is 2.11. The number of nitrogens with one attached hydrogen (secondary N) is 1. The minimum Gasteiger partial charge on any atom is -0.441 e. The SMILES string of the molecule is Cc1oc(-c2ccccc2)nc1CC(=N)N. The van der Waals surface area contributed by atoms with Crippen molar-refractivity contribution in [1.82, 2.24) is 4.98 Å². The van der Waals surface area contributed by atoms with E-state index in [0.29, 0.717) is 18.1 Å². The summed E-state index contributed by atoms with van der Waals surface area (Å²) in [6.45, 7) is 1.83. The summed E-state index contributed by atoms with van der Waals surface area (Å²) in [6, 6.07) is 9.67. The molecule has 1 aromatic heterocycles. The van der Waals surface area contributed by atoms with E-state index in [2.05, 4.69) is 4.98 Å². The van der Waals surface area contributed by atoms with Crippen molar-refractivity contribution in [2.24, 2.45) is 5.73 Å². The molecule has 0 unspecified atom stereocenters. The second-order valence-corrected chi connectivity index (χ2v) is 3.59. The van der Waals surface area contributed by atoms with Crippen LogP contribution < -0.4 is 5.73 Å². The smallest absolute Gasteiger partial charge is 0.226 e. The lowest BCUT2D eigenvalue weighted by atomic mass is 10.2. The molecule has 0 bridgehead atoms. The van der Waals surface area contributed by atoms with Crippen LogP contribution in [0.3, 0.4) is 0 Å². The van der Waals surface area contributed by atoms with Gasteiger partial charge in [0.2, 0.25) is 5.89 Å². The molecule has 2 aromatic rings. The van der Waals surface area contributed by atoms with Crippen LogP contribution in [-0.4, -0.2) is 10.8 Å². The van der Waals surface area contributed by atoms with Crippen molar-refractivity contribution >= 4 is 5.84 Å². The topological polar surface area (TPSA) is 75.9 Å². The highest BCUT2D eigenvalue weighted by molar-refractivity contribution is 5.79. The van der Waals surface area contributed by atoms with Gasteiger partial charge < -0.3 is 10.2 Å². The molecule has 1 heterocycles. The predicted molar refractivity (Wildman–Crippen MR) is 62.3 cm³/mol. The van der Waals surface area contributed by atoms with Crippen LogP contribution in [0.4, 0.5) is 0 Å². The summed E-state index contributed by atoms with van der Waals surface area (Å²) in [7, 11) is 0. The first-order chi connectivity index (χ1) is 7.66. The molecule has 0 saturated heterocycles. The lowest BCUT2D eigenvalue weighted by molar-refractivity contribution is 0.540. The molecule has 4 heteroatoms. The van der Waals surface area contributed by atoms with Crippen LogP contribution in [-0.2, 0) is 6.42 Å². The molecule has 0 aliphatic carbocycles. The summed E-state index contributed by atoms with van der Waals surface area (Å²) in [5.74, 6) is 1.39. The molecule has 3 N–H and O–H groups in total. The maximum Gasteiger partial charge on any atom is 0.226 e. The average molecular weight is 215 g/mol. The van der Waals surface area contributed by atoms with Crippen molar-refractivity contribution in [3.63, 3.8) is 0 Å². The Hall–Kier alpha value is -2.10. The number of aromatic nitrogens is 1. The Bertz CT molecular complexity index is 502. The molecule has 1 aromatic carbocycles. The van der Waals surface area contributed by atoms with Gasteiger partial charge in [-0.05, 0) is 19.1 Å². The van der Waals surface area contributed by atoms with Gasteiger partial charge in [0.1, 0.15) is 5.76 Å². The van der Waals surface area contributed by atoms with E-state index in [4.69, 9.17) is 15.6 Å². The number of nitrogens with two attached hydrogens (primary N) is 1. The zero-order valence-electron chi connectivity index (χ0n) is 9.03. The van der Waals surface area contributed by atoms with Crippen LogP contribution >= 0.6 is 0 Å². The first-order valence-corrected chi connectivity index (χ1v) is 5.01. The van der Waals surface area contributed by atoms with E-state index >= 15 is 0 Å². The number of rotatable bonds is 3. The minimum absolute atomic E-state index is 0.0935. The molecule has 0 fully saturated rings. The molecule has 82 valence electrons. The Labute approximate surface area is 93.6 Å². The van der Waals surface area contributed by atoms with Gasteiger partial charge in [0.15, 0.2) is 0 Å². The van der Waals surface area contributed by atoms with Crippen molar-refractivity contribution in [3.8, 4) is 11.5 Å². The highest BCUT2D eigenvalue weighted by atomic mass is 16.4. The van der Waals surface area contributed by atoms with E-state index in [9.17, 15) is 0 Å². The number of aryl methyl sites for hydroxylation is 1. The third-order valence-electron chi connectivity index (χ3n) is 2.27. The molecule has 0 amide bonds. The number of hydrogen-bond donors (Lipinski definition) is 2. The Morgan fingerprint density at radius 2 is 2.06 bits per heavy atom. The Morgan fingerprint density at radius 3 is 2.69 bits per heavy atom. The number of oxazole rings is 1. The van der Waals surface area contributed by atoms with Gasteiger partial charge in [0.05, 0.1) is 18.0 Å². The zero-order valence-corrected chi connectivity index (χ0v) is 9.03. The van der Waals surface area contributed by atoms with E-state index in [1.165, 1.54) is 0 Å². The van der Waals surface area contributed by atoms with Gasteiger partial charge in [-0.2, -0.15) is 0 Å². The zero-order chi connectivity index (χ0) is 11.5. The van der Waals surface area contributed by atoms with Gasteiger partial charge in [-0.1, -0.05) is 18.2 Å². The van der Waals surface area contributed by atoms with Crippen LogP contribution in [0.2, 0.25) is 0 Å². The largest absolute Gasteiger partial charge is 0.441 e. The maximum absolute atomic E-state index is 7.24. The monoisotopic (exact) mass is 215 g/mol. The molecule has 0 aliphatic heterocycles. The Balaban J connectivity index is 2.34. The molecule has 0 radical (unpaired) electrons. The van der Waals surface area contributed by atoms with E-state index in [-0.39, 0.29) is 5.84 Å². The molecular formula is C12H13N3O. The summed E-state index contributed by atoms with van der Waals surface area (Å²) < 4.78 is 5.54. The summed E-state index contributed by atoms with van der Waals surface area (Å²) in [5.41, 5.74) is 7.00. The Morgan fingerprint density at radius 1 is 1.38 bits per heavy atom. The minimum atomic E-state index is 0.0935. The van der Waals surface area contributed by atoms with Crippen molar-refractivity contribution in [1.29, 1.82) is 5.41 Å². The fraction of sp³-hybridized carbons (Fsp3) is 0.167. The van der Waals surface area contributed by atoms with Gasteiger partial charge in [-0.15, -0.1) is 0 Å². The summed E-state index contributed by atoms with van der Waals surface area (Å²) in [4.78, 5) is 4.33. The number of benzene rings is 1. The van der Waals surface area contributed by atoms with Gasteiger partial charge in [-0.25, -0.2) is 4.98 Å². The second kappa shape index (κ2) is 4.18. The predicted octanol–water partition coefficient (Wildman–Crippen LogP) is 2.13. The normalized spacial score (nSPS) is 10.3. The van der Waals surface area contributed by atoms with Crippen molar-refractivity contribution < 1.29 is 4.42 Å². The van der Waals surface area contributed by atoms with Crippen LogP contribution in [0.25, 0.3) is 11.5 Å². The quantitative estimate of drug-likeness (QED) is 0.608. The van der Waals surface area contributed by atoms with Gasteiger partial charge in [0, 0.05) is 5.56 Å². The summed E-state index contributed by atoms with van der Waals surface area (Å²) in [6.07, 6.45) is 0.335. The van der Waals surface area contributed by atoms with Gasteiger partial charge in [-0.3, -0.25) is 5.41 Å². The third-order valence-corrected chi connectivity index (χ3v) is 2.27. The maximum atomic E-state index is 7.24. The van der Waals surface area contributed by atoms with Crippen LogP contribution in [0.1, 0.15) is 11.5 Å². The molecule has 0 aliphatic rings. The molecule has 4 nitrogen and oxygen atoms in total. The number of amidine groups is 1. The van der Waals surface area contributed by atoms with E-state index in [1.807, 2.05) is 37.3 Å². The molecule has 16 heavy (non-hydrogen) atoms. The number of hydrogen-bond acceptors (Lipinski definition) is 3. The first kappa shape index (κ1) is 10.4. The highest BCUT2D eigenvalue weighted by Crippen LogP contribution is 2.21. The fourth-order valence-electron chi connectivity index (χ4n) is 1.48. The Kier molecular flexibility index (Phi) is 2.72. The van der Waals surface area contributed by atoms with E-state index < -0.39 is 0 Å². The lowest BCUT2D eigenvalue weighted by Gasteiger charge is -1.92. The van der Waals surface area contributed by atoms with Crippen molar-refractivity contribution in [3.05, 3.63) is 41.8 Å². The number of nitrogens with zero attached hydrogens (tertiary/aromatic N) is 1. The lowest BCUT2D eigenvalue weighted by Crippen LogP contribution is -2.13. The van der Waals surface area contributed by atoms with Gasteiger partial charge in [0.25, 0.3) is 0 Å². The van der Waals surface area contributed by atoms with Crippen LogP contribution in [0.15, 0.2) is 34.7 Å². The summed E-state index contributed by atoms with van der Waals surface area (Å²) in [5, 5.41) is 7.24. The molecule has 0 spiro atoms. The fourth-order valence-corrected chi connectivity index (χ4v) is 1.48. The van der Waals surface area contributed by atoms with Crippen LogP contribution in [0.5, 0.6) is 0 Å². The van der Waals surface area contributed by atoms with Crippen molar-refractivity contribution in [2.75, 3.05) is 0 Å². The van der Waals surface area contributed by atoms with E-state index in [0.717, 1.165) is 11.3 Å². The van der Waals surface area contributed by atoms with E-state index in [1.54, 1.807) is 0 Å². The summed E-state index contributed by atoms with van der Waals surface area (Å²) >= 11 is 0. The first-order valence-electron chi connectivity index (χ1n) is 5.01. The second-order valence-electron chi connectivity index (χ2n) is 3.59. The molecule has 0 saturated carbocycles. The van der Waals surface area contributed by atoms with Crippen molar-refractivity contribution in [2.45, 2.75) is 13.3 Å². The standard InChI is InChI=1S/C12H13N3O/c1-8-10(7-11(13)14)15-12(16-8)9-5-3-2-4-6-9/h2-6H,7H2,1H3,(H3,13,14). The molecular weight excluding hydrogens is 202 g/mol. The van der Waals surface area contributed by atoms with Crippen LogP contribution in [0, 0.1) is 12.3 Å². The highest BCUT2D eigenvalue weighted by Gasteiger charge is 2.11. The molecule has 2 rings (SSSR count).